The van der Waals surface area contributed by atoms with E-state index in [1.807, 2.05) is 25.1 Å². The number of aromatic amines is 1. The Labute approximate surface area is 128 Å². The largest absolute Gasteiger partial charge is 0.305 e. The second-order valence-electron chi connectivity index (χ2n) is 5.07. The molecule has 0 aliphatic heterocycles. The summed E-state index contributed by atoms with van der Waals surface area (Å²) in [7, 11) is 0. The van der Waals surface area contributed by atoms with Gasteiger partial charge in [-0.05, 0) is 25.0 Å². The fourth-order valence-electron chi connectivity index (χ4n) is 2.21. The van der Waals surface area contributed by atoms with Gasteiger partial charge in [-0.3, -0.25) is 9.89 Å². The first-order valence-electron chi connectivity index (χ1n) is 7.11. The second-order valence-corrected chi connectivity index (χ2v) is 5.07. The van der Waals surface area contributed by atoms with Crippen LogP contribution in [0.4, 0.5) is 5.82 Å². The Balaban J connectivity index is 1.66. The lowest BCUT2D eigenvalue weighted by Crippen LogP contribution is -2.16. The highest BCUT2D eigenvalue weighted by molar-refractivity contribution is 6.02. The zero-order valence-electron chi connectivity index (χ0n) is 12.3. The van der Waals surface area contributed by atoms with Crippen molar-refractivity contribution < 1.29 is 4.79 Å². The van der Waals surface area contributed by atoms with E-state index in [0.717, 1.165) is 12.1 Å². The van der Waals surface area contributed by atoms with Gasteiger partial charge in [-0.15, -0.1) is 0 Å². The maximum Gasteiger partial charge on any atom is 0.277 e. The summed E-state index contributed by atoms with van der Waals surface area (Å²) in [6.45, 7) is 2.56. The summed E-state index contributed by atoms with van der Waals surface area (Å²) in [6, 6.07) is 13.7. The Morgan fingerprint density at radius 2 is 2.09 bits per heavy atom. The van der Waals surface area contributed by atoms with Crippen LogP contribution in [0.25, 0.3) is 0 Å². The third-order valence-electron chi connectivity index (χ3n) is 3.35. The fourth-order valence-corrected chi connectivity index (χ4v) is 2.21. The van der Waals surface area contributed by atoms with Gasteiger partial charge in [0.15, 0.2) is 5.69 Å². The zero-order chi connectivity index (χ0) is 15.4. The summed E-state index contributed by atoms with van der Waals surface area (Å²) in [5.41, 5.74) is 2.45. The van der Waals surface area contributed by atoms with Crippen LogP contribution in [0.2, 0.25) is 0 Å². The highest BCUT2D eigenvalue weighted by Crippen LogP contribution is 2.10. The molecule has 0 aliphatic rings. The molecule has 0 aliphatic carbocycles. The van der Waals surface area contributed by atoms with Crippen LogP contribution in [-0.4, -0.2) is 25.9 Å². The Hall–Kier alpha value is -2.89. The summed E-state index contributed by atoms with van der Waals surface area (Å²) in [4.78, 5) is 12.1. The summed E-state index contributed by atoms with van der Waals surface area (Å²) < 4.78 is 1.78. The third kappa shape index (κ3) is 3.22. The van der Waals surface area contributed by atoms with E-state index in [4.69, 9.17) is 0 Å². The molecule has 0 atom stereocenters. The van der Waals surface area contributed by atoms with Crippen molar-refractivity contribution in [3.8, 4) is 0 Å². The molecule has 1 amide bonds. The normalized spacial score (nSPS) is 10.6. The highest BCUT2D eigenvalue weighted by atomic mass is 16.2. The number of nitrogens with one attached hydrogen (secondary N) is 2. The standard InChI is InChI=1S/C16H17N5O/c1-12-11-14(20-19-12)16(22)18-15-7-9-17-21(15)10-8-13-5-3-2-4-6-13/h2-7,9,11H,8,10H2,1H3,(H,18,22)(H,19,20). The Kier molecular flexibility index (Phi) is 4.00. The molecule has 0 radical (unpaired) electrons. The van der Waals surface area contributed by atoms with Crippen molar-refractivity contribution in [2.24, 2.45) is 0 Å². The van der Waals surface area contributed by atoms with Gasteiger partial charge in [0.1, 0.15) is 5.82 Å². The smallest absolute Gasteiger partial charge is 0.277 e. The quantitative estimate of drug-likeness (QED) is 0.759. The van der Waals surface area contributed by atoms with E-state index in [-0.39, 0.29) is 5.91 Å². The summed E-state index contributed by atoms with van der Waals surface area (Å²) in [6.07, 6.45) is 2.53. The van der Waals surface area contributed by atoms with Crippen LogP contribution < -0.4 is 5.32 Å². The first kappa shape index (κ1) is 14.1. The lowest BCUT2D eigenvalue weighted by atomic mass is 10.1. The number of benzene rings is 1. The SMILES string of the molecule is Cc1cc(C(=O)Nc2ccnn2CCc2ccccc2)n[nH]1. The molecule has 0 spiro atoms. The maximum atomic E-state index is 12.1. The van der Waals surface area contributed by atoms with E-state index in [0.29, 0.717) is 18.1 Å². The van der Waals surface area contributed by atoms with E-state index < -0.39 is 0 Å². The lowest BCUT2D eigenvalue weighted by Gasteiger charge is -2.08. The lowest BCUT2D eigenvalue weighted by molar-refractivity contribution is 0.102. The van der Waals surface area contributed by atoms with Gasteiger partial charge in [-0.25, -0.2) is 4.68 Å². The number of aromatic nitrogens is 4. The number of H-pyrrole nitrogens is 1. The van der Waals surface area contributed by atoms with Crippen LogP contribution in [0.5, 0.6) is 0 Å². The molecular weight excluding hydrogens is 278 g/mol. The van der Waals surface area contributed by atoms with Gasteiger partial charge in [0.2, 0.25) is 0 Å². The van der Waals surface area contributed by atoms with Crippen LogP contribution in [0.15, 0.2) is 48.7 Å². The first-order chi connectivity index (χ1) is 10.7. The monoisotopic (exact) mass is 295 g/mol. The van der Waals surface area contributed by atoms with Gasteiger partial charge in [0.05, 0.1) is 6.20 Å². The number of carbonyl (C=O) groups excluding carboxylic acids is 1. The fraction of sp³-hybridized carbons (Fsp3) is 0.188. The molecule has 6 nitrogen and oxygen atoms in total. The molecule has 6 heteroatoms. The second kappa shape index (κ2) is 6.26. The van der Waals surface area contributed by atoms with Gasteiger partial charge in [0.25, 0.3) is 5.91 Å². The molecule has 0 bridgehead atoms. The topological polar surface area (TPSA) is 75.6 Å². The highest BCUT2D eigenvalue weighted by Gasteiger charge is 2.12. The molecule has 0 unspecified atom stereocenters. The predicted octanol–water partition coefficient (Wildman–Crippen LogP) is 2.41. The number of hydrogen-bond donors (Lipinski definition) is 2. The van der Waals surface area contributed by atoms with Crippen LogP contribution in [0.3, 0.4) is 0 Å². The minimum Gasteiger partial charge on any atom is -0.305 e. The van der Waals surface area contributed by atoms with E-state index in [1.165, 1.54) is 5.56 Å². The third-order valence-corrected chi connectivity index (χ3v) is 3.35. The number of aryl methyl sites for hydroxylation is 3. The molecule has 0 fully saturated rings. The molecule has 1 aromatic carbocycles. The van der Waals surface area contributed by atoms with E-state index in [9.17, 15) is 4.79 Å². The van der Waals surface area contributed by atoms with E-state index in [2.05, 4.69) is 32.7 Å². The molecule has 2 heterocycles. The number of amides is 1. The minimum absolute atomic E-state index is 0.245. The van der Waals surface area contributed by atoms with E-state index >= 15 is 0 Å². The molecule has 2 N–H and O–H groups in total. The summed E-state index contributed by atoms with van der Waals surface area (Å²) >= 11 is 0. The number of rotatable bonds is 5. The van der Waals surface area contributed by atoms with Crippen molar-refractivity contribution >= 4 is 11.7 Å². The van der Waals surface area contributed by atoms with Gasteiger partial charge in [-0.2, -0.15) is 10.2 Å². The molecular formula is C16H17N5O. The Morgan fingerprint density at radius 1 is 1.27 bits per heavy atom. The maximum absolute atomic E-state index is 12.1. The average Bonchev–Trinajstić information content (AvgIpc) is 3.15. The number of nitrogens with zero attached hydrogens (tertiary/aromatic N) is 3. The van der Waals surface area contributed by atoms with Crippen LogP contribution in [0, 0.1) is 6.92 Å². The molecule has 0 saturated heterocycles. The molecule has 112 valence electrons. The Bertz CT molecular complexity index is 760. The molecule has 0 saturated carbocycles. The molecule has 3 aromatic rings. The van der Waals surface area contributed by atoms with Gasteiger partial charge in [0, 0.05) is 18.3 Å². The molecule has 2 aromatic heterocycles. The van der Waals surface area contributed by atoms with Gasteiger partial charge in [-0.1, -0.05) is 30.3 Å². The van der Waals surface area contributed by atoms with E-state index in [1.54, 1.807) is 23.0 Å². The van der Waals surface area contributed by atoms with Crippen molar-refractivity contribution in [2.45, 2.75) is 19.9 Å². The van der Waals surface area contributed by atoms with Crippen molar-refractivity contribution in [2.75, 3.05) is 5.32 Å². The van der Waals surface area contributed by atoms with Gasteiger partial charge >= 0.3 is 0 Å². The average molecular weight is 295 g/mol. The van der Waals surface area contributed by atoms with Crippen molar-refractivity contribution in [1.29, 1.82) is 0 Å². The number of hydrogen-bond acceptors (Lipinski definition) is 3. The van der Waals surface area contributed by atoms with Crippen LogP contribution in [-0.2, 0) is 13.0 Å². The van der Waals surface area contributed by atoms with Crippen LogP contribution in [0.1, 0.15) is 21.7 Å². The van der Waals surface area contributed by atoms with Crippen molar-refractivity contribution in [1.82, 2.24) is 20.0 Å². The number of carbonyl (C=O) groups is 1. The van der Waals surface area contributed by atoms with Crippen LogP contribution >= 0.6 is 0 Å². The Morgan fingerprint density at radius 3 is 2.82 bits per heavy atom. The molecule has 22 heavy (non-hydrogen) atoms. The predicted molar refractivity (Wildman–Crippen MR) is 83.7 cm³/mol. The van der Waals surface area contributed by atoms with Crippen molar-refractivity contribution in [3.63, 3.8) is 0 Å². The van der Waals surface area contributed by atoms with Crippen molar-refractivity contribution in [3.05, 3.63) is 65.6 Å². The summed E-state index contributed by atoms with van der Waals surface area (Å²) in [5, 5.41) is 13.8. The minimum atomic E-state index is -0.245. The molecule has 3 rings (SSSR count). The summed E-state index contributed by atoms with van der Waals surface area (Å²) in [5.74, 6) is 0.424. The number of anilines is 1. The first-order valence-corrected chi connectivity index (χ1v) is 7.11. The zero-order valence-corrected chi connectivity index (χ0v) is 12.3. The van der Waals surface area contributed by atoms with Gasteiger partial charge < -0.3 is 5.32 Å².